The van der Waals surface area contributed by atoms with E-state index in [1.807, 2.05) is 6.07 Å². The van der Waals surface area contributed by atoms with Gasteiger partial charge in [-0.05, 0) is 19.1 Å². The third-order valence-corrected chi connectivity index (χ3v) is 6.55. The number of nitrogens with one attached hydrogen (secondary N) is 1. The van der Waals surface area contributed by atoms with E-state index in [-0.39, 0.29) is 16.7 Å². The monoisotopic (exact) mass is 455 g/mol. The molecule has 0 aliphatic carbocycles. The fourth-order valence-electron chi connectivity index (χ4n) is 3.79. The number of methoxy groups -OCH3 is 2. The van der Waals surface area contributed by atoms with Crippen LogP contribution in [0.4, 0.5) is 0 Å². The maximum absolute atomic E-state index is 13.2. The molecule has 4 rings (SSSR count). The van der Waals surface area contributed by atoms with Gasteiger partial charge in [-0.2, -0.15) is 0 Å². The Hall–Kier alpha value is -3.79. The summed E-state index contributed by atoms with van der Waals surface area (Å²) in [6, 6.07) is 7.16. The van der Waals surface area contributed by atoms with Crippen LogP contribution in [-0.4, -0.2) is 39.4 Å². The average Bonchev–Trinajstić information content (AvgIpc) is 3.33. The van der Waals surface area contributed by atoms with Gasteiger partial charge in [-0.15, -0.1) is 11.3 Å². The highest BCUT2D eigenvalue weighted by atomic mass is 32.1. The summed E-state index contributed by atoms with van der Waals surface area (Å²) in [6.45, 7) is 1.69. The number of carbonyl (C=O) groups is 1. The standard InChI is InChI=1S/C22H21N3O6S/c1-10-13(21(28)31-5)17(26)18(32-10)14-15-19(24(2)22(29)25(3)20(15)27)23-16(14)11-7-6-8-12(9-11)30-4/h6-9,23,26H,1-5H3. The van der Waals surface area contributed by atoms with Gasteiger partial charge in [0.15, 0.2) is 0 Å². The Labute approximate surface area is 186 Å². The van der Waals surface area contributed by atoms with Crippen LogP contribution in [0.3, 0.4) is 0 Å². The minimum Gasteiger partial charge on any atom is -0.505 e. The summed E-state index contributed by atoms with van der Waals surface area (Å²) >= 11 is 1.16. The van der Waals surface area contributed by atoms with E-state index in [9.17, 15) is 19.5 Å². The molecular weight excluding hydrogens is 434 g/mol. The van der Waals surface area contributed by atoms with Crippen molar-refractivity contribution in [2.24, 2.45) is 14.1 Å². The maximum atomic E-state index is 13.2. The van der Waals surface area contributed by atoms with Crippen LogP contribution in [0, 0.1) is 6.92 Å². The first-order chi connectivity index (χ1) is 15.2. The molecule has 0 atom stereocenters. The topological polar surface area (TPSA) is 116 Å². The summed E-state index contributed by atoms with van der Waals surface area (Å²) < 4.78 is 12.5. The van der Waals surface area contributed by atoms with E-state index in [0.29, 0.717) is 38.0 Å². The predicted octanol–water partition coefficient (Wildman–Crippen LogP) is 2.77. The number of rotatable bonds is 4. The molecule has 0 aliphatic rings. The maximum Gasteiger partial charge on any atom is 0.342 e. The molecule has 9 nitrogen and oxygen atoms in total. The Morgan fingerprint density at radius 2 is 1.88 bits per heavy atom. The number of aryl methyl sites for hydroxylation is 2. The van der Waals surface area contributed by atoms with E-state index in [1.54, 1.807) is 39.3 Å². The summed E-state index contributed by atoms with van der Waals surface area (Å²) in [5.41, 5.74) is 0.907. The average molecular weight is 455 g/mol. The van der Waals surface area contributed by atoms with Crippen LogP contribution in [0.1, 0.15) is 15.2 Å². The lowest BCUT2D eigenvalue weighted by molar-refractivity contribution is 0.0597. The molecule has 0 aliphatic heterocycles. The molecule has 3 heterocycles. The lowest BCUT2D eigenvalue weighted by Gasteiger charge is -2.07. The second-order valence-corrected chi connectivity index (χ2v) is 8.46. The molecule has 0 radical (unpaired) electrons. The first-order valence-electron chi connectivity index (χ1n) is 9.58. The third-order valence-electron chi connectivity index (χ3n) is 5.44. The summed E-state index contributed by atoms with van der Waals surface area (Å²) in [5.74, 6) is -0.360. The lowest BCUT2D eigenvalue weighted by Crippen LogP contribution is -2.36. The third kappa shape index (κ3) is 3.02. The number of aromatic amines is 1. The van der Waals surface area contributed by atoms with Gasteiger partial charge in [0.2, 0.25) is 0 Å². The Bertz CT molecular complexity index is 1500. The number of nitrogens with zero attached hydrogens (tertiary/aromatic N) is 2. The molecule has 10 heteroatoms. The first kappa shape index (κ1) is 21.4. The number of carbonyl (C=O) groups excluding carboxylic acids is 1. The zero-order chi connectivity index (χ0) is 23.3. The number of hydrogen-bond donors (Lipinski definition) is 2. The van der Waals surface area contributed by atoms with Gasteiger partial charge < -0.3 is 19.6 Å². The van der Waals surface area contributed by atoms with Crippen molar-refractivity contribution < 1.29 is 19.4 Å². The summed E-state index contributed by atoms with van der Waals surface area (Å²) in [7, 11) is 5.73. The minimum absolute atomic E-state index is 0.0417. The highest BCUT2D eigenvalue weighted by Crippen LogP contribution is 2.47. The van der Waals surface area contributed by atoms with E-state index in [4.69, 9.17) is 9.47 Å². The van der Waals surface area contributed by atoms with Gasteiger partial charge in [0, 0.05) is 30.1 Å². The number of fused-ring (bicyclic) bond motifs is 1. The van der Waals surface area contributed by atoms with Gasteiger partial charge in [-0.3, -0.25) is 13.9 Å². The Balaban J connectivity index is 2.20. The van der Waals surface area contributed by atoms with Crippen molar-refractivity contribution in [3.8, 4) is 33.2 Å². The summed E-state index contributed by atoms with van der Waals surface area (Å²) in [4.78, 5) is 42.0. The second kappa shape index (κ2) is 7.72. The zero-order valence-electron chi connectivity index (χ0n) is 18.1. The quantitative estimate of drug-likeness (QED) is 0.457. The molecule has 0 saturated heterocycles. The van der Waals surface area contributed by atoms with Gasteiger partial charge in [0.05, 0.1) is 30.2 Å². The number of thiophene rings is 1. The van der Waals surface area contributed by atoms with Gasteiger partial charge in [0.1, 0.15) is 22.7 Å². The number of ether oxygens (including phenoxy) is 2. The van der Waals surface area contributed by atoms with E-state index >= 15 is 0 Å². The van der Waals surface area contributed by atoms with E-state index in [2.05, 4.69) is 4.98 Å². The van der Waals surface area contributed by atoms with Crippen molar-refractivity contribution in [1.82, 2.24) is 14.1 Å². The van der Waals surface area contributed by atoms with Gasteiger partial charge >= 0.3 is 11.7 Å². The smallest absolute Gasteiger partial charge is 0.342 e. The minimum atomic E-state index is -0.675. The molecule has 1 aromatic carbocycles. The van der Waals surface area contributed by atoms with Gasteiger partial charge in [-0.1, -0.05) is 12.1 Å². The Kier molecular flexibility index (Phi) is 5.17. The van der Waals surface area contributed by atoms with Crippen molar-refractivity contribution in [3.05, 3.63) is 55.5 Å². The Morgan fingerprint density at radius 3 is 2.53 bits per heavy atom. The van der Waals surface area contributed by atoms with Crippen molar-refractivity contribution in [3.63, 3.8) is 0 Å². The van der Waals surface area contributed by atoms with Crippen LogP contribution in [0.5, 0.6) is 11.5 Å². The molecule has 2 N–H and O–H groups in total. The van der Waals surface area contributed by atoms with Crippen LogP contribution >= 0.6 is 11.3 Å². The number of aromatic hydroxyl groups is 1. The number of esters is 1. The molecule has 0 fully saturated rings. The van der Waals surface area contributed by atoms with Crippen LogP contribution in [0.2, 0.25) is 0 Å². The molecule has 32 heavy (non-hydrogen) atoms. The molecule has 3 aromatic heterocycles. The van der Waals surface area contributed by atoms with Gasteiger partial charge in [-0.25, -0.2) is 9.59 Å². The second-order valence-electron chi connectivity index (χ2n) is 7.24. The van der Waals surface area contributed by atoms with E-state index < -0.39 is 17.2 Å². The SMILES string of the molecule is COC(=O)c1c(C)sc(-c2c(-c3cccc(OC)c3)[nH]c3c2c(=O)n(C)c(=O)n3C)c1O. The summed E-state index contributed by atoms with van der Waals surface area (Å²) in [6.07, 6.45) is 0. The number of H-pyrrole nitrogens is 1. The number of hydrogen-bond acceptors (Lipinski definition) is 7. The van der Waals surface area contributed by atoms with Crippen LogP contribution in [0.15, 0.2) is 33.9 Å². The highest BCUT2D eigenvalue weighted by Gasteiger charge is 2.29. The predicted molar refractivity (Wildman–Crippen MR) is 122 cm³/mol. The fourth-order valence-corrected chi connectivity index (χ4v) is 4.88. The largest absolute Gasteiger partial charge is 0.505 e. The zero-order valence-corrected chi connectivity index (χ0v) is 18.9. The fraction of sp³-hybridized carbons (Fsp3) is 0.227. The molecule has 0 spiro atoms. The van der Waals surface area contributed by atoms with Crippen molar-refractivity contribution in [2.45, 2.75) is 6.92 Å². The molecule has 166 valence electrons. The van der Waals surface area contributed by atoms with Crippen LogP contribution in [0.25, 0.3) is 32.7 Å². The van der Waals surface area contributed by atoms with Crippen LogP contribution in [-0.2, 0) is 18.8 Å². The van der Waals surface area contributed by atoms with Crippen LogP contribution < -0.4 is 16.0 Å². The molecule has 0 bridgehead atoms. The van der Waals surface area contributed by atoms with Crippen molar-refractivity contribution >= 4 is 28.3 Å². The molecular formula is C22H21N3O6S. The van der Waals surface area contributed by atoms with Gasteiger partial charge in [0.25, 0.3) is 5.56 Å². The lowest BCUT2D eigenvalue weighted by atomic mass is 10.0. The molecule has 0 unspecified atom stereocenters. The first-order valence-corrected chi connectivity index (χ1v) is 10.4. The van der Waals surface area contributed by atoms with Crippen molar-refractivity contribution in [1.29, 1.82) is 0 Å². The number of aromatic nitrogens is 3. The molecule has 0 amide bonds. The highest BCUT2D eigenvalue weighted by molar-refractivity contribution is 7.16. The normalized spacial score (nSPS) is 11.2. The Morgan fingerprint density at radius 1 is 1.16 bits per heavy atom. The molecule has 4 aromatic rings. The van der Waals surface area contributed by atoms with E-state index in [0.717, 1.165) is 15.9 Å². The summed E-state index contributed by atoms with van der Waals surface area (Å²) in [5, 5.41) is 11.2. The molecule has 0 saturated carbocycles. The van der Waals surface area contributed by atoms with Crippen molar-refractivity contribution in [2.75, 3.05) is 14.2 Å². The van der Waals surface area contributed by atoms with E-state index in [1.165, 1.54) is 18.7 Å². The number of benzene rings is 1.